The van der Waals surface area contributed by atoms with Gasteiger partial charge in [-0.3, -0.25) is 4.79 Å². The Hall–Kier alpha value is -1.66. The number of phenolic OH excluding ortho intramolecular Hbond substituents is 1. The molecule has 6 heteroatoms. The maximum atomic E-state index is 16.0. The maximum absolute atomic E-state index is 16.0. The highest BCUT2D eigenvalue weighted by molar-refractivity contribution is 5.76. The van der Waals surface area contributed by atoms with Crippen LogP contribution in [-0.2, 0) is 16.0 Å². The van der Waals surface area contributed by atoms with Gasteiger partial charge in [0, 0.05) is 32.5 Å². The average molecular weight is 572 g/mol. The number of phenols is 1. The summed E-state index contributed by atoms with van der Waals surface area (Å²) in [6.45, 7) is 4.14. The van der Waals surface area contributed by atoms with E-state index in [0.29, 0.717) is 37.8 Å². The molecular weight excluding hydrogens is 517 g/mol. The van der Waals surface area contributed by atoms with E-state index in [0.717, 1.165) is 75.0 Å². The van der Waals surface area contributed by atoms with E-state index in [9.17, 15) is 15.0 Å². The molecule has 230 valence electrons. The molecule has 0 aromatic heterocycles. The number of hydrogen-bond acceptors (Lipinski definition) is 4. The lowest BCUT2D eigenvalue weighted by Crippen LogP contribution is -2.51. The summed E-state index contributed by atoms with van der Waals surface area (Å²) in [5.41, 5.74) is 1.85. The standard InChI is InChI=1S/C35H54FNO4/c1-35-23-30(36)34-28-14-13-27(38)22-26(28)21-25(33(34)29(35)15-16-31(35)39)11-7-4-8-18-37(19-20-41-2)32(40)17-12-24-9-5-3-6-10-24/h13-14,22,24-25,29-31,33-34,38-39H,3-12,15-21,23H2,1-2H3/t25?,29?,30?,31?,33?,34?,35-/m0/s1. The summed E-state index contributed by atoms with van der Waals surface area (Å²) in [4.78, 5) is 15.1. The molecule has 1 aromatic rings. The van der Waals surface area contributed by atoms with Gasteiger partial charge in [-0.05, 0) is 97.3 Å². The molecule has 4 aliphatic carbocycles. The first-order valence-corrected chi connectivity index (χ1v) is 16.7. The van der Waals surface area contributed by atoms with Crippen molar-refractivity contribution in [2.24, 2.45) is 29.1 Å². The molecule has 6 unspecified atom stereocenters. The van der Waals surface area contributed by atoms with Gasteiger partial charge in [-0.1, -0.05) is 57.9 Å². The van der Waals surface area contributed by atoms with Crippen molar-refractivity contribution < 1.29 is 24.1 Å². The minimum Gasteiger partial charge on any atom is -0.508 e. The normalized spacial score (nSPS) is 33.2. The molecule has 0 aliphatic heterocycles. The van der Waals surface area contributed by atoms with E-state index < -0.39 is 12.3 Å². The van der Waals surface area contributed by atoms with E-state index in [1.807, 2.05) is 17.0 Å². The van der Waals surface area contributed by atoms with Gasteiger partial charge in [0.25, 0.3) is 0 Å². The van der Waals surface area contributed by atoms with Crippen LogP contribution < -0.4 is 0 Å². The molecule has 4 aliphatic rings. The maximum Gasteiger partial charge on any atom is 0.222 e. The topological polar surface area (TPSA) is 70.0 Å². The van der Waals surface area contributed by atoms with Crippen LogP contribution in [-0.4, -0.2) is 60.1 Å². The Kier molecular flexibility index (Phi) is 10.3. The van der Waals surface area contributed by atoms with E-state index in [2.05, 4.69) is 6.92 Å². The van der Waals surface area contributed by atoms with Crippen molar-refractivity contribution in [1.82, 2.24) is 4.90 Å². The Labute approximate surface area is 247 Å². The van der Waals surface area contributed by atoms with E-state index in [1.165, 1.54) is 32.1 Å². The molecule has 0 spiro atoms. The number of halogens is 1. The quantitative estimate of drug-likeness (QED) is 0.261. The average Bonchev–Trinajstić information content (AvgIpc) is 3.26. The van der Waals surface area contributed by atoms with E-state index in [1.54, 1.807) is 13.2 Å². The second-order valence-corrected chi connectivity index (χ2v) is 14.1. The minimum absolute atomic E-state index is 0.140. The third-order valence-electron chi connectivity index (χ3n) is 11.7. The molecule has 2 N–H and O–H groups in total. The number of carbonyl (C=O) groups is 1. The van der Waals surface area contributed by atoms with Gasteiger partial charge >= 0.3 is 0 Å². The predicted molar refractivity (Wildman–Crippen MR) is 161 cm³/mol. The number of aromatic hydroxyl groups is 1. The number of rotatable bonds is 12. The lowest BCUT2D eigenvalue weighted by Gasteiger charge is -2.54. The first-order chi connectivity index (χ1) is 19.8. The van der Waals surface area contributed by atoms with Gasteiger partial charge in [0.15, 0.2) is 0 Å². The van der Waals surface area contributed by atoms with Crippen LogP contribution in [0.4, 0.5) is 4.39 Å². The SMILES string of the molecule is COCCN(CCCCCC1Cc2cc(O)ccc2C2C(F)C[C@]3(C)C(O)CCC3C12)C(=O)CCC1CCCCC1. The van der Waals surface area contributed by atoms with E-state index in [-0.39, 0.29) is 28.9 Å². The highest BCUT2D eigenvalue weighted by Crippen LogP contribution is 2.63. The number of alkyl halides is 1. The van der Waals surface area contributed by atoms with Gasteiger partial charge < -0.3 is 19.8 Å². The van der Waals surface area contributed by atoms with Crippen molar-refractivity contribution in [1.29, 1.82) is 0 Å². The summed E-state index contributed by atoms with van der Waals surface area (Å²) in [5, 5.41) is 21.1. The lowest BCUT2D eigenvalue weighted by atomic mass is 9.51. The van der Waals surface area contributed by atoms with Crippen LogP contribution >= 0.6 is 0 Å². The largest absolute Gasteiger partial charge is 0.508 e. The first kappa shape index (κ1) is 30.8. The number of aliphatic hydroxyl groups is 1. The second kappa shape index (κ2) is 13.8. The van der Waals surface area contributed by atoms with Crippen molar-refractivity contribution in [3.63, 3.8) is 0 Å². The zero-order valence-corrected chi connectivity index (χ0v) is 25.5. The fourth-order valence-electron chi connectivity index (χ4n) is 9.44. The van der Waals surface area contributed by atoms with Gasteiger partial charge in [-0.2, -0.15) is 0 Å². The van der Waals surface area contributed by atoms with Crippen molar-refractivity contribution in [3.05, 3.63) is 29.3 Å². The first-order valence-electron chi connectivity index (χ1n) is 16.7. The molecule has 3 fully saturated rings. The predicted octanol–water partition coefficient (Wildman–Crippen LogP) is 7.18. The van der Waals surface area contributed by atoms with Crippen LogP contribution in [0, 0.1) is 29.1 Å². The summed E-state index contributed by atoms with van der Waals surface area (Å²) in [5.74, 6) is 2.04. The smallest absolute Gasteiger partial charge is 0.222 e. The monoisotopic (exact) mass is 571 g/mol. The Morgan fingerprint density at radius 1 is 1.07 bits per heavy atom. The lowest BCUT2D eigenvalue weighted by molar-refractivity contribution is -0.132. The number of nitrogens with zero attached hydrogens (tertiary/aromatic N) is 1. The fraction of sp³-hybridized carbons (Fsp3) is 0.800. The number of benzene rings is 1. The van der Waals surface area contributed by atoms with Crippen molar-refractivity contribution >= 4 is 5.91 Å². The van der Waals surface area contributed by atoms with E-state index >= 15 is 4.39 Å². The number of carbonyl (C=O) groups excluding carboxylic acids is 1. The van der Waals surface area contributed by atoms with Gasteiger partial charge in [-0.25, -0.2) is 4.39 Å². The van der Waals surface area contributed by atoms with Crippen molar-refractivity contribution in [2.75, 3.05) is 26.8 Å². The molecule has 41 heavy (non-hydrogen) atoms. The van der Waals surface area contributed by atoms with Gasteiger partial charge in [0.2, 0.25) is 5.91 Å². The Morgan fingerprint density at radius 2 is 1.88 bits per heavy atom. The van der Waals surface area contributed by atoms with Gasteiger partial charge in [0.05, 0.1) is 12.7 Å². The van der Waals surface area contributed by atoms with Crippen LogP contribution in [0.15, 0.2) is 18.2 Å². The van der Waals surface area contributed by atoms with Crippen LogP contribution in [0.2, 0.25) is 0 Å². The van der Waals surface area contributed by atoms with Crippen molar-refractivity contribution in [2.45, 2.75) is 121 Å². The summed E-state index contributed by atoms with van der Waals surface area (Å²) in [7, 11) is 1.70. The van der Waals surface area contributed by atoms with Crippen LogP contribution in [0.25, 0.3) is 0 Å². The van der Waals surface area contributed by atoms with E-state index in [4.69, 9.17) is 4.74 Å². The molecule has 0 radical (unpaired) electrons. The molecule has 0 bridgehead atoms. The summed E-state index contributed by atoms with van der Waals surface area (Å²) >= 11 is 0. The molecule has 1 aromatic carbocycles. The van der Waals surface area contributed by atoms with Gasteiger partial charge in [-0.15, -0.1) is 0 Å². The highest BCUT2D eigenvalue weighted by Gasteiger charge is 2.59. The second-order valence-electron chi connectivity index (χ2n) is 14.1. The summed E-state index contributed by atoms with van der Waals surface area (Å²) < 4.78 is 21.3. The number of unbranched alkanes of at least 4 members (excludes halogenated alkanes) is 2. The fourth-order valence-corrected chi connectivity index (χ4v) is 9.44. The highest BCUT2D eigenvalue weighted by atomic mass is 19.1. The summed E-state index contributed by atoms with van der Waals surface area (Å²) in [6.07, 6.45) is 14.0. The molecule has 1 amide bonds. The Bertz CT molecular complexity index is 1010. The van der Waals surface area contributed by atoms with Crippen LogP contribution in [0.1, 0.15) is 114 Å². The third-order valence-corrected chi connectivity index (χ3v) is 11.7. The third kappa shape index (κ3) is 6.79. The molecule has 5 rings (SSSR count). The number of amides is 1. The zero-order chi connectivity index (χ0) is 29.0. The number of aliphatic hydroxyl groups excluding tert-OH is 1. The van der Waals surface area contributed by atoms with Crippen LogP contribution in [0.3, 0.4) is 0 Å². The van der Waals surface area contributed by atoms with Crippen LogP contribution in [0.5, 0.6) is 5.75 Å². The van der Waals surface area contributed by atoms with Crippen molar-refractivity contribution in [3.8, 4) is 5.75 Å². The number of fused-ring (bicyclic) bond motifs is 5. The number of ether oxygens (including phenoxy) is 1. The molecule has 0 saturated heterocycles. The number of methoxy groups -OCH3 is 1. The van der Waals surface area contributed by atoms with Gasteiger partial charge in [0.1, 0.15) is 11.9 Å². The number of hydrogen-bond donors (Lipinski definition) is 2. The summed E-state index contributed by atoms with van der Waals surface area (Å²) in [6, 6.07) is 5.53. The minimum atomic E-state index is -0.964. The molecule has 7 atom stereocenters. The zero-order valence-electron chi connectivity index (χ0n) is 25.5. The Balaban J connectivity index is 1.18. The molecule has 0 heterocycles. The molecular formula is C35H54FNO4. The molecule has 5 nitrogen and oxygen atoms in total. The molecule has 3 saturated carbocycles. The Morgan fingerprint density at radius 3 is 2.66 bits per heavy atom.